The number of aliphatic carboxylic acids is 1. The van der Waals surface area contributed by atoms with Crippen molar-refractivity contribution in [3.63, 3.8) is 0 Å². The molecule has 1 fully saturated rings. The second-order valence-electron chi connectivity index (χ2n) is 4.80. The van der Waals surface area contributed by atoms with Crippen LogP contribution in [-0.2, 0) is 9.59 Å². The first-order chi connectivity index (χ1) is 8.10. The van der Waals surface area contributed by atoms with Gasteiger partial charge in [0.15, 0.2) is 0 Å². The van der Waals surface area contributed by atoms with Crippen molar-refractivity contribution in [1.29, 1.82) is 0 Å². The third-order valence-corrected chi connectivity index (χ3v) is 3.54. The number of amides is 1. The van der Waals surface area contributed by atoms with Crippen LogP contribution in [0.25, 0.3) is 0 Å². The van der Waals surface area contributed by atoms with Gasteiger partial charge in [-0.25, -0.2) is 0 Å². The highest BCUT2D eigenvalue weighted by molar-refractivity contribution is 5.83. The molecule has 0 bridgehead atoms. The Morgan fingerprint density at radius 3 is 2.41 bits per heavy atom. The first kappa shape index (κ1) is 14.0. The van der Waals surface area contributed by atoms with Crippen molar-refractivity contribution in [3.8, 4) is 0 Å². The van der Waals surface area contributed by atoms with Gasteiger partial charge in [0.1, 0.15) is 0 Å². The topological polar surface area (TPSA) is 92.4 Å². The van der Waals surface area contributed by atoms with Gasteiger partial charge < -0.3 is 16.2 Å². The molecule has 0 heterocycles. The Labute approximate surface area is 102 Å². The highest BCUT2D eigenvalue weighted by Crippen LogP contribution is 2.35. The van der Waals surface area contributed by atoms with Gasteiger partial charge in [0.05, 0.1) is 5.41 Å². The van der Waals surface area contributed by atoms with Crippen molar-refractivity contribution in [2.75, 3.05) is 13.1 Å². The number of nitrogens with one attached hydrogen (secondary N) is 1. The number of carboxylic acid groups (broad SMARTS) is 1. The van der Waals surface area contributed by atoms with E-state index >= 15 is 0 Å². The minimum atomic E-state index is -0.828. The maximum Gasteiger partial charge on any atom is 0.303 e. The van der Waals surface area contributed by atoms with Gasteiger partial charge in [-0.05, 0) is 19.3 Å². The van der Waals surface area contributed by atoms with Gasteiger partial charge in [-0.1, -0.05) is 19.3 Å². The van der Waals surface area contributed by atoms with Gasteiger partial charge in [-0.2, -0.15) is 0 Å². The Morgan fingerprint density at radius 1 is 1.24 bits per heavy atom. The average Bonchev–Trinajstić information content (AvgIpc) is 2.35. The average molecular weight is 242 g/mol. The van der Waals surface area contributed by atoms with E-state index in [-0.39, 0.29) is 12.3 Å². The maximum atomic E-state index is 12.1. The summed E-state index contributed by atoms with van der Waals surface area (Å²) in [6.07, 6.45) is 5.56. The van der Waals surface area contributed by atoms with E-state index in [0.29, 0.717) is 19.5 Å². The third kappa shape index (κ3) is 4.00. The molecule has 17 heavy (non-hydrogen) atoms. The number of carbonyl (C=O) groups is 2. The molecule has 0 aromatic carbocycles. The van der Waals surface area contributed by atoms with E-state index in [0.717, 1.165) is 25.7 Å². The second-order valence-corrected chi connectivity index (χ2v) is 4.80. The summed E-state index contributed by atoms with van der Waals surface area (Å²) in [6, 6.07) is 0. The van der Waals surface area contributed by atoms with Gasteiger partial charge in [0.2, 0.25) is 5.91 Å². The fourth-order valence-corrected chi connectivity index (χ4v) is 2.38. The molecular weight excluding hydrogens is 220 g/mol. The van der Waals surface area contributed by atoms with Crippen molar-refractivity contribution >= 4 is 11.9 Å². The van der Waals surface area contributed by atoms with Crippen molar-refractivity contribution < 1.29 is 14.7 Å². The van der Waals surface area contributed by atoms with Crippen LogP contribution < -0.4 is 11.1 Å². The lowest BCUT2D eigenvalue weighted by atomic mass is 9.73. The predicted molar refractivity (Wildman–Crippen MR) is 64.5 cm³/mol. The van der Waals surface area contributed by atoms with E-state index in [1.54, 1.807) is 0 Å². The van der Waals surface area contributed by atoms with E-state index in [2.05, 4.69) is 5.32 Å². The number of carbonyl (C=O) groups excluding carboxylic acids is 1. The smallest absolute Gasteiger partial charge is 0.303 e. The second kappa shape index (κ2) is 6.59. The van der Waals surface area contributed by atoms with Crippen molar-refractivity contribution in [3.05, 3.63) is 0 Å². The molecule has 0 aliphatic heterocycles. The fraction of sp³-hybridized carbons (Fsp3) is 0.833. The van der Waals surface area contributed by atoms with Gasteiger partial charge in [0, 0.05) is 19.5 Å². The SMILES string of the molecule is NCC1(C(=O)NCCCC(=O)O)CCCCC1. The molecule has 1 aliphatic carbocycles. The fourth-order valence-electron chi connectivity index (χ4n) is 2.38. The Kier molecular flexibility index (Phi) is 5.41. The van der Waals surface area contributed by atoms with Crippen LogP contribution in [0.1, 0.15) is 44.9 Å². The lowest BCUT2D eigenvalue weighted by Crippen LogP contribution is -2.47. The Balaban J connectivity index is 2.36. The Hall–Kier alpha value is -1.10. The largest absolute Gasteiger partial charge is 0.481 e. The van der Waals surface area contributed by atoms with E-state index in [4.69, 9.17) is 10.8 Å². The van der Waals surface area contributed by atoms with E-state index in [1.165, 1.54) is 6.42 Å². The molecule has 5 nitrogen and oxygen atoms in total. The quantitative estimate of drug-likeness (QED) is 0.603. The molecule has 1 aliphatic rings. The van der Waals surface area contributed by atoms with Crippen molar-refractivity contribution in [2.45, 2.75) is 44.9 Å². The number of nitrogens with two attached hydrogens (primary N) is 1. The number of carboxylic acids is 1. The highest BCUT2D eigenvalue weighted by Gasteiger charge is 2.37. The summed E-state index contributed by atoms with van der Waals surface area (Å²) in [5.41, 5.74) is 5.34. The molecule has 4 N–H and O–H groups in total. The number of rotatable bonds is 6. The Morgan fingerprint density at radius 2 is 1.88 bits per heavy atom. The minimum absolute atomic E-state index is 0.00471. The molecule has 5 heteroatoms. The Bertz CT molecular complexity index is 273. The molecular formula is C12H22N2O3. The summed E-state index contributed by atoms with van der Waals surface area (Å²) >= 11 is 0. The summed E-state index contributed by atoms with van der Waals surface area (Å²) in [6.45, 7) is 0.810. The van der Waals surface area contributed by atoms with Crippen molar-refractivity contribution in [1.82, 2.24) is 5.32 Å². The minimum Gasteiger partial charge on any atom is -0.481 e. The van der Waals surface area contributed by atoms with E-state index in [9.17, 15) is 9.59 Å². The molecule has 0 radical (unpaired) electrons. The molecule has 0 aromatic heterocycles. The van der Waals surface area contributed by atoms with E-state index in [1.807, 2.05) is 0 Å². The van der Waals surface area contributed by atoms with Gasteiger partial charge in [0.25, 0.3) is 0 Å². The van der Waals surface area contributed by atoms with Crippen LogP contribution in [-0.4, -0.2) is 30.1 Å². The van der Waals surface area contributed by atoms with Gasteiger partial charge >= 0.3 is 5.97 Å². The standard InChI is InChI=1S/C12H22N2O3/c13-9-12(6-2-1-3-7-12)11(17)14-8-4-5-10(15)16/h1-9,13H2,(H,14,17)(H,15,16). The molecule has 1 saturated carbocycles. The van der Waals surface area contributed by atoms with Crippen LogP contribution in [0.2, 0.25) is 0 Å². The molecule has 0 saturated heterocycles. The zero-order chi connectivity index (χ0) is 12.7. The van der Waals surface area contributed by atoms with Gasteiger partial charge in [-0.15, -0.1) is 0 Å². The molecule has 1 rings (SSSR count). The summed E-state index contributed by atoms with van der Waals surface area (Å²) < 4.78 is 0. The predicted octanol–water partition coefficient (Wildman–Crippen LogP) is 0.877. The van der Waals surface area contributed by atoms with Crippen LogP contribution in [0, 0.1) is 5.41 Å². The molecule has 0 unspecified atom stereocenters. The normalized spacial score (nSPS) is 18.6. The number of hydrogen-bond donors (Lipinski definition) is 3. The first-order valence-electron chi connectivity index (χ1n) is 6.31. The maximum absolute atomic E-state index is 12.1. The number of hydrogen-bond acceptors (Lipinski definition) is 3. The van der Waals surface area contributed by atoms with E-state index < -0.39 is 11.4 Å². The lowest BCUT2D eigenvalue weighted by molar-refractivity contribution is -0.137. The lowest BCUT2D eigenvalue weighted by Gasteiger charge is -2.34. The molecule has 1 amide bonds. The summed E-state index contributed by atoms with van der Waals surface area (Å²) in [5.74, 6) is -0.824. The van der Waals surface area contributed by atoms with Gasteiger partial charge in [-0.3, -0.25) is 9.59 Å². The first-order valence-corrected chi connectivity index (χ1v) is 6.31. The van der Waals surface area contributed by atoms with Crippen LogP contribution in [0.4, 0.5) is 0 Å². The van der Waals surface area contributed by atoms with Crippen LogP contribution >= 0.6 is 0 Å². The van der Waals surface area contributed by atoms with Crippen LogP contribution in [0.5, 0.6) is 0 Å². The van der Waals surface area contributed by atoms with Crippen LogP contribution in [0.15, 0.2) is 0 Å². The highest BCUT2D eigenvalue weighted by atomic mass is 16.4. The monoisotopic (exact) mass is 242 g/mol. The molecule has 0 atom stereocenters. The molecule has 0 aromatic rings. The summed E-state index contributed by atoms with van der Waals surface area (Å²) in [7, 11) is 0. The summed E-state index contributed by atoms with van der Waals surface area (Å²) in [4.78, 5) is 22.4. The molecule has 98 valence electrons. The zero-order valence-electron chi connectivity index (χ0n) is 10.2. The van der Waals surface area contributed by atoms with Crippen molar-refractivity contribution in [2.24, 2.45) is 11.1 Å². The third-order valence-electron chi connectivity index (χ3n) is 3.54. The van der Waals surface area contributed by atoms with Crippen LogP contribution in [0.3, 0.4) is 0 Å². The summed E-state index contributed by atoms with van der Waals surface area (Å²) in [5, 5.41) is 11.3. The zero-order valence-corrected chi connectivity index (χ0v) is 10.2. The molecule has 0 spiro atoms.